The minimum Gasteiger partial charge on any atom is -0.457 e. The van der Waals surface area contributed by atoms with Crippen molar-refractivity contribution < 1.29 is 14.5 Å². The molecule has 0 heterocycles. The summed E-state index contributed by atoms with van der Waals surface area (Å²) >= 11 is 0. The molecule has 0 atom stereocenters. The van der Waals surface area contributed by atoms with Gasteiger partial charge in [-0.2, -0.15) is 0 Å². The van der Waals surface area contributed by atoms with Crippen LogP contribution in [-0.2, 0) is 6.54 Å². The van der Waals surface area contributed by atoms with E-state index in [0.29, 0.717) is 5.75 Å². The molecule has 0 fully saturated rings. The maximum atomic E-state index is 12.2. The van der Waals surface area contributed by atoms with E-state index in [9.17, 15) is 14.9 Å². The highest BCUT2D eigenvalue weighted by Gasteiger charge is 2.18. The summed E-state index contributed by atoms with van der Waals surface area (Å²) in [6.45, 7) is 0.260. The predicted molar refractivity (Wildman–Crippen MR) is 97.2 cm³/mol. The molecule has 0 aliphatic rings. The van der Waals surface area contributed by atoms with E-state index < -0.39 is 10.8 Å². The first kappa shape index (κ1) is 17.2. The van der Waals surface area contributed by atoms with E-state index in [2.05, 4.69) is 5.32 Å². The summed E-state index contributed by atoms with van der Waals surface area (Å²) in [6, 6.07) is 22.6. The standard InChI is InChI=1S/C20H16N2O4/c23-20(18-8-4-5-9-19(18)22(24)25)21-14-15-10-12-17(13-11-15)26-16-6-2-1-3-7-16/h1-13H,14H2,(H,21,23). The second-order valence-corrected chi connectivity index (χ2v) is 5.52. The van der Waals surface area contributed by atoms with Gasteiger partial charge in [0.1, 0.15) is 17.1 Å². The average molecular weight is 348 g/mol. The number of carbonyl (C=O) groups is 1. The minimum absolute atomic E-state index is 0.0431. The van der Waals surface area contributed by atoms with Crippen LogP contribution in [0, 0.1) is 10.1 Å². The monoisotopic (exact) mass is 348 g/mol. The molecule has 1 amide bonds. The molecule has 0 radical (unpaired) electrons. The van der Waals surface area contributed by atoms with Gasteiger partial charge >= 0.3 is 0 Å². The number of para-hydroxylation sites is 2. The number of nitro benzene ring substituents is 1. The van der Waals surface area contributed by atoms with Crippen molar-refractivity contribution >= 4 is 11.6 Å². The zero-order chi connectivity index (χ0) is 18.4. The highest BCUT2D eigenvalue weighted by molar-refractivity contribution is 5.98. The fourth-order valence-electron chi connectivity index (χ4n) is 2.40. The van der Waals surface area contributed by atoms with Crippen LogP contribution < -0.4 is 10.1 Å². The van der Waals surface area contributed by atoms with Crippen LogP contribution in [0.15, 0.2) is 78.9 Å². The zero-order valence-electron chi connectivity index (χ0n) is 13.8. The number of amides is 1. The molecule has 0 spiro atoms. The number of hydrogen-bond acceptors (Lipinski definition) is 4. The quantitative estimate of drug-likeness (QED) is 0.531. The van der Waals surface area contributed by atoms with Gasteiger partial charge < -0.3 is 10.1 Å². The Morgan fingerprint density at radius 1 is 0.885 bits per heavy atom. The van der Waals surface area contributed by atoms with Gasteiger partial charge in [0.25, 0.3) is 11.6 Å². The number of benzene rings is 3. The molecule has 130 valence electrons. The van der Waals surface area contributed by atoms with Gasteiger partial charge in [0.15, 0.2) is 0 Å². The van der Waals surface area contributed by atoms with Crippen molar-refractivity contribution in [2.45, 2.75) is 6.54 Å². The number of nitrogens with one attached hydrogen (secondary N) is 1. The molecular formula is C20H16N2O4. The second kappa shape index (κ2) is 7.94. The lowest BCUT2D eigenvalue weighted by Gasteiger charge is -2.08. The van der Waals surface area contributed by atoms with Crippen molar-refractivity contribution in [1.29, 1.82) is 0 Å². The number of nitro groups is 1. The smallest absolute Gasteiger partial charge is 0.282 e. The van der Waals surface area contributed by atoms with E-state index in [-0.39, 0.29) is 17.8 Å². The summed E-state index contributed by atoms with van der Waals surface area (Å²) < 4.78 is 5.71. The summed E-state index contributed by atoms with van der Waals surface area (Å²) in [5.41, 5.74) is 0.690. The highest BCUT2D eigenvalue weighted by Crippen LogP contribution is 2.21. The average Bonchev–Trinajstić information content (AvgIpc) is 2.68. The SMILES string of the molecule is O=C(NCc1ccc(Oc2ccccc2)cc1)c1ccccc1[N+](=O)[O-]. The molecule has 0 unspecified atom stereocenters. The van der Waals surface area contributed by atoms with Crippen LogP contribution >= 0.6 is 0 Å². The lowest BCUT2D eigenvalue weighted by Crippen LogP contribution is -2.23. The van der Waals surface area contributed by atoms with Crippen LogP contribution in [0.25, 0.3) is 0 Å². The second-order valence-electron chi connectivity index (χ2n) is 5.52. The van der Waals surface area contributed by atoms with Gasteiger partial charge in [-0.3, -0.25) is 14.9 Å². The first-order valence-electron chi connectivity index (χ1n) is 7.97. The van der Waals surface area contributed by atoms with Crippen LogP contribution in [0.2, 0.25) is 0 Å². The lowest BCUT2D eigenvalue weighted by molar-refractivity contribution is -0.385. The van der Waals surface area contributed by atoms with Crippen LogP contribution in [-0.4, -0.2) is 10.8 Å². The van der Waals surface area contributed by atoms with Crippen molar-refractivity contribution in [2.24, 2.45) is 0 Å². The molecule has 0 saturated heterocycles. The molecule has 3 rings (SSSR count). The molecule has 3 aromatic carbocycles. The van der Waals surface area contributed by atoms with Crippen LogP contribution in [0.4, 0.5) is 5.69 Å². The van der Waals surface area contributed by atoms with Gasteiger partial charge in [0, 0.05) is 12.6 Å². The van der Waals surface area contributed by atoms with E-state index in [1.54, 1.807) is 18.2 Å². The maximum absolute atomic E-state index is 12.2. The summed E-state index contributed by atoms with van der Waals surface area (Å²) in [6.07, 6.45) is 0. The van der Waals surface area contributed by atoms with Gasteiger partial charge in [-0.05, 0) is 35.9 Å². The first-order valence-corrected chi connectivity index (χ1v) is 7.97. The summed E-state index contributed by atoms with van der Waals surface area (Å²) in [4.78, 5) is 22.6. The fourth-order valence-corrected chi connectivity index (χ4v) is 2.40. The van der Waals surface area contributed by atoms with Gasteiger partial charge in [-0.25, -0.2) is 0 Å². The van der Waals surface area contributed by atoms with E-state index >= 15 is 0 Å². The molecule has 0 bridgehead atoms. The molecule has 1 N–H and O–H groups in total. The van der Waals surface area contributed by atoms with Crippen molar-refractivity contribution in [1.82, 2.24) is 5.32 Å². The molecule has 3 aromatic rings. The number of rotatable bonds is 6. The Hall–Kier alpha value is -3.67. The number of hydrogen-bond donors (Lipinski definition) is 1. The number of nitrogens with zero attached hydrogens (tertiary/aromatic N) is 1. The van der Waals surface area contributed by atoms with Gasteiger partial charge in [0.2, 0.25) is 0 Å². The zero-order valence-corrected chi connectivity index (χ0v) is 13.8. The van der Waals surface area contributed by atoms with Crippen LogP contribution in [0.5, 0.6) is 11.5 Å². The van der Waals surface area contributed by atoms with E-state index in [0.717, 1.165) is 11.3 Å². The van der Waals surface area contributed by atoms with Crippen molar-refractivity contribution in [3.63, 3.8) is 0 Å². The Labute approximate surface area is 150 Å². The van der Waals surface area contributed by atoms with Gasteiger partial charge in [0.05, 0.1) is 4.92 Å². The summed E-state index contributed by atoms with van der Waals surface area (Å²) in [5.74, 6) is 0.942. The van der Waals surface area contributed by atoms with Gasteiger partial charge in [-0.1, -0.05) is 42.5 Å². The minimum atomic E-state index is -0.565. The van der Waals surface area contributed by atoms with E-state index in [4.69, 9.17) is 4.74 Å². The third-order valence-corrected chi connectivity index (χ3v) is 3.70. The van der Waals surface area contributed by atoms with Crippen LogP contribution in [0.3, 0.4) is 0 Å². The van der Waals surface area contributed by atoms with Crippen molar-refractivity contribution in [3.05, 3.63) is 100 Å². The molecule has 0 aromatic heterocycles. The fraction of sp³-hybridized carbons (Fsp3) is 0.0500. The Bertz CT molecular complexity index is 909. The van der Waals surface area contributed by atoms with Gasteiger partial charge in [-0.15, -0.1) is 0 Å². The number of ether oxygens (including phenoxy) is 1. The Balaban J connectivity index is 1.62. The topological polar surface area (TPSA) is 81.5 Å². The normalized spacial score (nSPS) is 10.2. The molecule has 6 nitrogen and oxygen atoms in total. The van der Waals surface area contributed by atoms with E-state index in [1.807, 2.05) is 42.5 Å². The third kappa shape index (κ3) is 4.24. The predicted octanol–water partition coefficient (Wildman–Crippen LogP) is 4.32. The molecule has 0 saturated carbocycles. The Morgan fingerprint density at radius 2 is 1.50 bits per heavy atom. The molecule has 26 heavy (non-hydrogen) atoms. The van der Waals surface area contributed by atoms with E-state index in [1.165, 1.54) is 18.2 Å². The van der Waals surface area contributed by atoms with Crippen molar-refractivity contribution in [3.8, 4) is 11.5 Å². The molecule has 6 heteroatoms. The highest BCUT2D eigenvalue weighted by atomic mass is 16.6. The molecule has 0 aliphatic carbocycles. The largest absolute Gasteiger partial charge is 0.457 e. The summed E-state index contributed by atoms with van der Waals surface area (Å²) in [7, 11) is 0. The Kier molecular flexibility index (Phi) is 5.24. The lowest BCUT2D eigenvalue weighted by atomic mass is 10.1. The third-order valence-electron chi connectivity index (χ3n) is 3.70. The summed E-state index contributed by atoms with van der Waals surface area (Å²) in [5, 5.41) is 13.7. The Morgan fingerprint density at radius 3 is 2.19 bits per heavy atom. The number of carbonyl (C=O) groups excluding carboxylic acids is 1. The van der Waals surface area contributed by atoms with Crippen LogP contribution in [0.1, 0.15) is 15.9 Å². The first-order chi connectivity index (χ1) is 12.6. The van der Waals surface area contributed by atoms with Crippen molar-refractivity contribution in [2.75, 3.05) is 0 Å². The molecular weight excluding hydrogens is 332 g/mol. The maximum Gasteiger partial charge on any atom is 0.282 e. The molecule has 0 aliphatic heterocycles.